The van der Waals surface area contributed by atoms with Crippen molar-refractivity contribution in [1.29, 1.82) is 0 Å². The number of nitrogens with one attached hydrogen (secondary N) is 2. The molecule has 0 saturated heterocycles. The van der Waals surface area contributed by atoms with E-state index in [1.807, 2.05) is 25.1 Å². The Labute approximate surface area is 108 Å². The number of rotatable bonds is 5. The Morgan fingerprint density at radius 1 is 1.50 bits per heavy atom. The van der Waals surface area contributed by atoms with Crippen molar-refractivity contribution in [3.05, 3.63) is 29.3 Å². The van der Waals surface area contributed by atoms with Crippen LogP contribution in [0.15, 0.2) is 18.2 Å². The van der Waals surface area contributed by atoms with Crippen molar-refractivity contribution in [2.45, 2.75) is 39.2 Å². The first kappa shape index (κ1) is 12.9. The number of carbonyl (C=O) groups excluding carboxylic acids is 1. The number of carbonyl (C=O) groups is 1. The van der Waals surface area contributed by atoms with Crippen LogP contribution in [0.25, 0.3) is 0 Å². The predicted molar refractivity (Wildman–Crippen MR) is 73.3 cm³/mol. The van der Waals surface area contributed by atoms with Crippen LogP contribution in [0.5, 0.6) is 0 Å². The van der Waals surface area contributed by atoms with Gasteiger partial charge in [-0.2, -0.15) is 0 Å². The molecule has 2 atom stereocenters. The highest BCUT2D eigenvalue weighted by atomic mass is 16.1. The summed E-state index contributed by atoms with van der Waals surface area (Å²) in [7, 11) is 0. The molecule has 0 bridgehead atoms. The minimum atomic E-state index is 0.0275. The number of aryl methyl sites for hydroxylation is 1. The van der Waals surface area contributed by atoms with E-state index in [2.05, 4.69) is 17.7 Å². The summed E-state index contributed by atoms with van der Waals surface area (Å²) in [5.41, 5.74) is 5.07. The third-order valence-corrected chi connectivity index (χ3v) is 3.54. The van der Waals surface area contributed by atoms with E-state index < -0.39 is 0 Å². The summed E-state index contributed by atoms with van der Waals surface area (Å²) in [6, 6.07) is 5.89. The zero-order valence-corrected chi connectivity index (χ0v) is 11.0. The number of amides is 1. The van der Waals surface area contributed by atoms with Crippen molar-refractivity contribution in [2.24, 2.45) is 11.8 Å². The molecular formula is C14H21N3O. The summed E-state index contributed by atoms with van der Waals surface area (Å²) >= 11 is 0. The maximum absolute atomic E-state index is 12.1. The lowest BCUT2D eigenvalue weighted by molar-refractivity contribution is 0.0948. The fourth-order valence-corrected chi connectivity index (χ4v) is 2.37. The predicted octanol–water partition coefficient (Wildman–Crippen LogP) is 2.20. The second kappa shape index (κ2) is 5.40. The number of hydrogen-bond acceptors (Lipinski definition) is 3. The summed E-state index contributed by atoms with van der Waals surface area (Å²) in [5.74, 6) is 6.05. The summed E-state index contributed by atoms with van der Waals surface area (Å²) in [6.45, 7) is 4.10. The zero-order valence-electron chi connectivity index (χ0n) is 11.0. The molecule has 1 aliphatic carbocycles. The van der Waals surface area contributed by atoms with Crippen LogP contribution < -0.4 is 16.6 Å². The first-order chi connectivity index (χ1) is 8.65. The van der Waals surface area contributed by atoms with Gasteiger partial charge in [-0.3, -0.25) is 10.6 Å². The summed E-state index contributed by atoms with van der Waals surface area (Å²) in [4.78, 5) is 12.1. The number of hydrazine groups is 1. The van der Waals surface area contributed by atoms with Gasteiger partial charge in [0, 0.05) is 17.3 Å². The van der Waals surface area contributed by atoms with Crippen LogP contribution in [-0.4, -0.2) is 11.9 Å². The topological polar surface area (TPSA) is 67.2 Å². The van der Waals surface area contributed by atoms with Gasteiger partial charge in [-0.25, -0.2) is 0 Å². The molecule has 4 heteroatoms. The number of benzene rings is 1. The van der Waals surface area contributed by atoms with Gasteiger partial charge in [0.05, 0.1) is 0 Å². The molecular weight excluding hydrogens is 226 g/mol. The van der Waals surface area contributed by atoms with E-state index in [0.29, 0.717) is 12.0 Å². The molecule has 1 saturated carbocycles. The average Bonchev–Trinajstić information content (AvgIpc) is 3.07. The molecule has 1 fully saturated rings. The Morgan fingerprint density at radius 2 is 2.28 bits per heavy atom. The first-order valence-corrected chi connectivity index (χ1v) is 6.53. The van der Waals surface area contributed by atoms with Gasteiger partial charge in [0.25, 0.3) is 5.91 Å². The van der Waals surface area contributed by atoms with Gasteiger partial charge in [-0.15, -0.1) is 0 Å². The van der Waals surface area contributed by atoms with Gasteiger partial charge < -0.3 is 10.7 Å². The largest absolute Gasteiger partial charge is 0.349 e. The minimum absolute atomic E-state index is 0.0275. The summed E-state index contributed by atoms with van der Waals surface area (Å²) in [5, 5.41) is 3.09. The number of hydrogen-bond donors (Lipinski definition) is 3. The normalized spacial score (nSPS) is 21.5. The SMILES string of the molecule is CCCC1CC1NC(=O)c1ccc(NN)cc1C. The summed E-state index contributed by atoms with van der Waals surface area (Å²) in [6.07, 6.45) is 3.52. The van der Waals surface area contributed by atoms with Crippen LogP contribution in [0.1, 0.15) is 42.1 Å². The Morgan fingerprint density at radius 3 is 2.89 bits per heavy atom. The smallest absolute Gasteiger partial charge is 0.251 e. The quantitative estimate of drug-likeness (QED) is 0.552. The fourth-order valence-electron chi connectivity index (χ4n) is 2.37. The van der Waals surface area contributed by atoms with Crippen molar-refractivity contribution in [1.82, 2.24) is 5.32 Å². The third kappa shape index (κ3) is 2.82. The van der Waals surface area contributed by atoms with Crippen molar-refractivity contribution < 1.29 is 4.79 Å². The van der Waals surface area contributed by atoms with Gasteiger partial charge in [-0.1, -0.05) is 13.3 Å². The molecule has 0 aliphatic heterocycles. The number of anilines is 1. The van der Waals surface area contributed by atoms with E-state index in [9.17, 15) is 4.79 Å². The van der Waals surface area contributed by atoms with Crippen molar-refractivity contribution in [2.75, 3.05) is 5.43 Å². The second-order valence-corrected chi connectivity index (χ2v) is 5.04. The first-order valence-electron chi connectivity index (χ1n) is 6.53. The van der Waals surface area contributed by atoms with E-state index in [-0.39, 0.29) is 5.91 Å². The Bertz CT molecular complexity index is 445. The standard InChI is InChI=1S/C14H21N3O/c1-3-4-10-8-13(10)16-14(18)12-6-5-11(17-15)7-9(12)2/h5-7,10,13,17H,3-4,8,15H2,1-2H3,(H,16,18). The lowest BCUT2D eigenvalue weighted by Crippen LogP contribution is -2.27. The maximum atomic E-state index is 12.1. The highest BCUT2D eigenvalue weighted by Gasteiger charge is 2.37. The molecule has 2 unspecified atom stereocenters. The van der Waals surface area contributed by atoms with E-state index >= 15 is 0 Å². The molecule has 1 aromatic rings. The van der Waals surface area contributed by atoms with Gasteiger partial charge in [0.1, 0.15) is 0 Å². The average molecular weight is 247 g/mol. The van der Waals surface area contributed by atoms with Crippen LogP contribution in [0.3, 0.4) is 0 Å². The van der Waals surface area contributed by atoms with Crippen LogP contribution in [0.2, 0.25) is 0 Å². The van der Waals surface area contributed by atoms with Crippen molar-refractivity contribution >= 4 is 11.6 Å². The van der Waals surface area contributed by atoms with Crippen LogP contribution in [-0.2, 0) is 0 Å². The van der Waals surface area contributed by atoms with Gasteiger partial charge in [0.15, 0.2) is 0 Å². The van der Waals surface area contributed by atoms with E-state index in [1.165, 1.54) is 12.8 Å². The molecule has 0 heterocycles. The van der Waals surface area contributed by atoms with Crippen LogP contribution in [0, 0.1) is 12.8 Å². The lowest BCUT2D eigenvalue weighted by atomic mass is 10.1. The molecule has 1 amide bonds. The molecule has 0 radical (unpaired) electrons. The van der Waals surface area contributed by atoms with Crippen molar-refractivity contribution in [3.8, 4) is 0 Å². The van der Waals surface area contributed by atoms with Crippen LogP contribution >= 0.6 is 0 Å². The fraction of sp³-hybridized carbons (Fsp3) is 0.500. The molecule has 0 aromatic heterocycles. The maximum Gasteiger partial charge on any atom is 0.251 e. The van der Waals surface area contributed by atoms with E-state index in [4.69, 9.17) is 5.84 Å². The molecule has 1 aliphatic rings. The Hall–Kier alpha value is -1.55. The van der Waals surface area contributed by atoms with E-state index in [0.717, 1.165) is 23.2 Å². The molecule has 98 valence electrons. The van der Waals surface area contributed by atoms with Crippen LogP contribution in [0.4, 0.5) is 5.69 Å². The molecule has 4 N–H and O–H groups in total. The van der Waals surface area contributed by atoms with Gasteiger partial charge in [0.2, 0.25) is 0 Å². The second-order valence-electron chi connectivity index (χ2n) is 5.04. The zero-order chi connectivity index (χ0) is 13.1. The molecule has 2 rings (SSSR count). The highest BCUT2D eigenvalue weighted by Crippen LogP contribution is 2.34. The van der Waals surface area contributed by atoms with Gasteiger partial charge in [-0.05, 0) is 49.4 Å². The number of nitrogens with two attached hydrogens (primary N) is 1. The molecule has 18 heavy (non-hydrogen) atoms. The minimum Gasteiger partial charge on any atom is -0.349 e. The Balaban J connectivity index is 1.97. The van der Waals surface area contributed by atoms with Gasteiger partial charge >= 0.3 is 0 Å². The molecule has 0 spiro atoms. The third-order valence-electron chi connectivity index (χ3n) is 3.54. The highest BCUT2D eigenvalue weighted by molar-refractivity contribution is 5.96. The lowest BCUT2D eigenvalue weighted by Gasteiger charge is -2.09. The Kier molecular flexibility index (Phi) is 3.87. The molecule has 1 aromatic carbocycles. The van der Waals surface area contributed by atoms with Crippen molar-refractivity contribution in [3.63, 3.8) is 0 Å². The monoisotopic (exact) mass is 247 g/mol. The molecule has 4 nitrogen and oxygen atoms in total. The summed E-state index contributed by atoms with van der Waals surface area (Å²) < 4.78 is 0. The van der Waals surface area contributed by atoms with E-state index in [1.54, 1.807) is 0 Å². The number of nitrogen functional groups attached to an aromatic ring is 1.